The summed E-state index contributed by atoms with van der Waals surface area (Å²) in [6.45, 7) is 2.83. The second-order valence-electron chi connectivity index (χ2n) is 7.45. The lowest BCUT2D eigenvalue weighted by atomic mass is 10.00. The van der Waals surface area contributed by atoms with Crippen LogP contribution < -0.4 is 0 Å². The van der Waals surface area contributed by atoms with Crippen LogP contribution in [0.5, 0.6) is 0 Å². The van der Waals surface area contributed by atoms with E-state index in [0.29, 0.717) is 10.0 Å². The highest BCUT2D eigenvalue weighted by molar-refractivity contribution is 6.32. The molecule has 30 heavy (non-hydrogen) atoms. The van der Waals surface area contributed by atoms with Gasteiger partial charge in [-0.3, -0.25) is 4.98 Å². The summed E-state index contributed by atoms with van der Waals surface area (Å²) in [7, 11) is 4.09. The number of hydrogen-bond donors (Lipinski definition) is 0. The van der Waals surface area contributed by atoms with Gasteiger partial charge in [-0.25, -0.2) is 4.68 Å². The molecule has 4 aromatic rings. The van der Waals surface area contributed by atoms with Crippen molar-refractivity contribution in [2.45, 2.75) is 13.5 Å². The number of pyridine rings is 1. The third-order valence-electron chi connectivity index (χ3n) is 4.97. The quantitative estimate of drug-likeness (QED) is 0.369. The molecule has 0 amide bonds. The van der Waals surface area contributed by atoms with Crippen molar-refractivity contribution in [3.8, 4) is 28.1 Å². The van der Waals surface area contributed by atoms with E-state index >= 15 is 0 Å². The number of rotatable bonds is 5. The topological polar surface area (TPSA) is 34.0 Å². The summed E-state index contributed by atoms with van der Waals surface area (Å²) in [4.78, 5) is 6.28. The molecule has 0 N–H and O–H groups in total. The summed E-state index contributed by atoms with van der Waals surface area (Å²) < 4.78 is 1.96. The highest BCUT2D eigenvalue weighted by Crippen LogP contribution is 2.37. The van der Waals surface area contributed by atoms with Crippen LogP contribution in [0.3, 0.4) is 0 Å². The minimum absolute atomic E-state index is 0.670. The molecule has 0 aliphatic carbocycles. The molecule has 4 nitrogen and oxygen atoms in total. The Balaban J connectivity index is 1.99. The summed E-state index contributed by atoms with van der Waals surface area (Å²) >= 11 is 12.8. The van der Waals surface area contributed by atoms with E-state index in [9.17, 15) is 0 Å². The molecule has 2 heterocycles. The molecule has 0 spiro atoms. The predicted molar refractivity (Wildman–Crippen MR) is 124 cm³/mol. The van der Waals surface area contributed by atoms with Crippen LogP contribution in [0.25, 0.3) is 28.1 Å². The molecular weight excluding hydrogens is 415 g/mol. The van der Waals surface area contributed by atoms with E-state index in [-0.39, 0.29) is 0 Å². The van der Waals surface area contributed by atoms with E-state index in [1.807, 2.05) is 67.3 Å². The van der Waals surface area contributed by atoms with Gasteiger partial charge in [-0.15, -0.1) is 0 Å². The van der Waals surface area contributed by atoms with Crippen LogP contribution in [-0.4, -0.2) is 33.8 Å². The Labute approximate surface area is 186 Å². The molecule has 0 saturated carbocycles. The van der Waals surface area contributed by atoms with Gasteiger partial charge < -0.3 is 4.90 Å². The van der Waals surface area contributed by atoms with Crippen LogP contribution in [0.1, 0.15) is 11.3 Å². The van der Waals surface area contributed by atoms with Crippen LogP contribution in [0.15, 0.2) is 67.0 Å². The third kappa shape index (κ3) is 3.99. The number of nitrogens with zero attached hydrogens (tertiary/aromatic N) is 4. The van der Waals surface area contributed by atoms with Gasteiger partial charge in [0, 0.05) is 40.8 Å². The van der Waals surface area contributed by atoms with Crippen molar-refractivity contribution in [1.29, 1.82) is 0 Å². The molecule has 0 bridgehead atoms. The Morgan fingerprint density at radius 2 is 1.60 bits per heavy atom. The summed E-state index contributed by atoms with van der Waals surface area (Å²) in [6, 6.07) is 17.8. The molecule has 2 aromatic heterocycles. The van der Waals surface area contributed by atoms with E-state index in [0.717, 1.165) is 45.9 Å². The highest BCUT2D eigenvalue weighted by atomic mass is 35.5. The molecule has 152 valence electrons. The predicted octanol–water partition coefficient (Wildman–Crippen LogP) is 6.28. The number of hydrogen-bond acceptors (Lipinski definition) is 3. The average Bonchev–Trinajstić information content (AvgIpc) is 3.06. The Morgan fingerprint density at radius 3 is 2.27 bits per heavy atom. The first-order valence-corrected chi connectivity index (χ1v) is 10.4. The van der Waals surface area contributed by atoms with Gasteiger partial charge in [0.1, 0.15) is 5.69 Å². The smallest absolute Gasteiger partial charge is 0.101 e. The average molecular weight is 437 g/mol. The molecule has 0 unspecified atom stereocenters. The van der Waals surface area contributed by atoms with E-state index in [2.05, 4.69) is 22.9 Å². The van der Waals surface area contributed by atoms with Gasteiger partial charge in [-0.05, 0) is 62.5 Å². The van der Waals surface area contributed by atoms with Gasteiger partial charge in [0.15, 0.2) is 0 Å². The molecule has 0 aliphatic rings. The summed E-state index contributed by atoms with van der Waals surface area (Å²) in [6.07, 6.45) is 3.56. The van der Waals surface area contributed by atoms with Crippen molar-refractivity contribution in [2.24, 2.45) is 0 Å². The molecule has 0 radical (unpaired) electrons. The lowest BCUT2D eigenvalue weighted by Crippen LogP contribution is -2.14. The van der Waals surface area contributed by atoms with E-state index in [1.54, 1.807) is 12.4 Å². The number of aromatic nitrogens is 3. The normalized spacial score (nSPS) is 11.3. The molecule has 0 atom stereocenters. The third-order valence-corrected chi connectivity index (χ3v) is 5.53. The number of halogens is 2. The SMILES string of the molecule is Cc1c(-c2ccc(Cl)cc2)c(-c2ccncc2)nn1-c1c(Cl)cccc1CN(C)C. The van der Waals surface area contributed by atoms with E-state index in [4.69, 9.17) is 28.3 Å². The number of para-hydroxylation sites is 1. The van der Waals surface area contributed by atoms with Gasteiger partial charge in [-0.2, -0.15) is 5.10 Å². The fraction of sp³-hybridized carbons (Fsp3) is 0.167. The molecule has 6 heteroatoms. The molecule has 0 aliphatic heterocycles. The van der Waals surface area contributed by atoms with Gasteiger partial charge in [0.25, 0.3) is 0 Å². The van der Waals surface area contributed by atoms with Crippen molar-refractivity contribution in [2.75, 3.05) is 14.1 Å². The van der Waals surface area contributed by atoms with Crippen molar-refractivity contribution in [1.82, 2.24) is 19.7 Å². The van der Waals surface area contributed by atoms with Crippen LogP contribution in [0.2, 0.25) is 10.0 Å². The lowest BCUT2D eigenvalue weighted by Gasteiger charge is -2.16. The summed E-state index contributed by atoms with van der Waals surface area (Å²) in [5, 5.41) is 6.40. The van der Waals surface area contributed by atoms with E-state index < -0.39 is 0 Å². The zero-order valence-corrected chi connectivity index (χ0v) is 18.6. The van der Waals surface area contributed by atoms with Crippen LogP contribution >= 0.6 is 23.2 Å². The van der Waals surface area contributed by atoms with E-state index in [1.165, 1.54) is 0 Å². The standard InChI is InChI=1S/C24H22Cl2N4/c1-16-22(17-7-9-20(25)10-8-17)23(18-11-13-27-14-12-18)28-30(16)24-19(15-29(2)3)5-4-6-21(24)26/h4-14H,15H2,1-3H3. The Morgan fingerprint density at radius 1 is 0.900 bits per heavy atom. The lowest BCUT2D eigenvalue weighted by molar-refractivity contribution is 0.401. The fourth-order valence-corrected chi connectivity index (χ4v) is 4.06. The van der Waals surface area contributed by atoms with Crippen LogP contribution in [0.4, 0.5) is 0 Å². The summed E-state index contributed by atoms with van der Waals surface area (Å²) in [5.41, 5.74) is 7.01. The first kappa shape index (κ1) is 20.6. The Kier molecular flexibility index (Phi) is 5.91. The van der Waals surface area contributed by atoms with Gasteiger partial charge in [-0.1, -0.05) is 47.5 Å². The van der Waals surface area contributed by atoms with Crippen LogP contribution in [-0.2, 0) is 6.54 Å². The van der Waals surface area contributed by atoms with Crippen molar-refractivity contribution in [3.05, 3.63) is 88.3 Å². The highest BCUT2D eigenvalue weighted by Gasteiger charge is 2.21. The minimum atomic E-state index is 0.670. The van der Waals surface area contributed by atoms with Crippen molar-refractivity contribution in [3.63, 3.8) is 0 Å². The van der Waals surface area contributed by atoms with Crippen molar-refractivity contribution >= 4 is 23.2 Å². The number of benzene rings is 2. The molecule has 4 rings (SSSR count). The zero-order chi connectivity index (χ0) is 21.3. The maximum atomic E-state index is 6.69. The maximum absolute atomic E-state index is 6.69. The second kappa shape index (κ2) is 8.60. The Hall–Kier alpha value is -2.66. The fourth-order valence-electron chi connectivity index (χ4n) is 3.66. The van der Waals surface area contributed by atoms with Crippen molar-refractivity contribution < 1.29 is 0 Å². The summed E-state index contributed by atoms with van der Waals surface area (Å²) in [5.74, 6) is 0. The molecule has 2 aromatic carbocycles. The largest absolute Gasteiger partial charge is 0.305 e. The Bertz CT molecular complexity index is 1170. The second-order valence-corrected chi connectivity index (χ2v) is 8.29. The first-order valence-electron chi connectivity index (χ1n) is 9.64. The van der Waals surface area contributed by atoms with Gasteiger partial charge in [0.05, 0.1) is 10.7 Å². The first-order chi connectivity index (χ1) is 14.5. The monoisotopic (exact) mass is 436 g/mol. The maximum Gasteiger partial charge on any atom is 0.101 e. The molecule has 0 fully saturated rings. The zero-order valence-electron chi connectivity index (χ0n) is 17.1. The minimum Gasteiger partial charge on any atom is -0.305 e. The van der Waals surface area contributed by atoms with Crippen LogP contribution in [0, 0.1) is 6.92 Å². The van der Waals surface area contributed by atoms with Gasteiger partial charge in [0.2, 0.25) is 0 Å². The molecule has 0 saturated heterocycles. The molecular formula is C24H22Cl2N4. The van der Waals surface area contributed by atoms with Gasteiger partial charge >= 0.3 is 0 Å².